The summed E-state index contributed by atoms with van der Waals surface area (Å²) >= 11 is 1.53. The van der Waals surface area contributed by atoms with Crippen molar-refractivity contribution in [1.29, 1.82) is 0 Å². The van der Waals surface area contributed by atoms with E-state index in [0.29, 0.717) is 0 Å². The maximum Gasteiger partial charge on any atom is 0.197 e. The largest absolute Gasteiger partial charge is 0.356 e. The maximum absolute atomic E-state index is 13.1. The van der Waals surface area contributed by atoms with Crippen LogP contribution in [0.5, 0.6) is 0 Å². The predicted octanol–water partition coefficient (Wildman–Crippen LogP) is 3.77. The van der Waals surface area contributed by atoms with E-state index in [9.17, 15) is 4.39 Å². The van der Waals surface area contributed by atoms with E-state index in [1.165, 1.54) is 23.5 Å². The predicted molar refractivity (Wildman–Crippen MR) is 99.3 cm³/mol. The summed E-state index contributed by atoms with van der Waals surface area (Å²) in [5.74, 6) is 0.517. The number of pyridine rings is 1. The standard InChI is InChI=1S/C18H16FN5S/c19-14-4-2-12(3-5-14)15-10-13(6-9-20-15)16-11-25-18(23-16)24-17-21-7-1-8-22-17/h2-6,9-11H,1,7-8H2,(H2,21,22,23,24). The van der Waals surface area contributed by atoms with Crippen LogP contribution in [0, 0.1) is 5.82 Å². The molecule has 0 saturated heterocycles. The van der Waals surface area contributed by atoms with Crippen LogP contribution in [0.25, 0.3) is 22.5 Å². The molecule has 126 valence electrons. The van der Waals surface area contributed by atoms with Gasteiger partial charge in [-0.1, -0.05) is 0 Å². The minimum atomic E-state index is -0.255. The highest BCUT2D eigenvalue weighted by Gasteiger charge is 2.10. The van der Waals surface area contributed by atoms with Crippen molar-refractivity contribution in [3.8, 4) is 22.5 Å². The smallest absolute Gasteiger partial charge is 0.197 e. The summed E-state index contributed by atoms with van der Waals surface area (Å²) in [7, 11) is 0. The molecule has 7 heteroatoms. The lowest BCUT2D eigenvalue weighted by Gasteiger charge is -2.14. The Morgan fingerprint density at radius 1 is 1.08 bits per heavy atom. The molecular formula is C18H16FN5S. The molecule has 1 aliphatic heterocycles. The van der Waals surface area contributed by atoms with Gasteiger partial charge in [-0.15, -0.1) is 11.3 Å². The van der Waals surface area contributed by atoms with Gasteiger partial charge in [0, 0.05) is 35.8 Å². The minimum absolute atomic E-state index is 0.255. The Kier molecular flexibility index (Phi) is 4.39. The lowest BCUT2D eigenvalue weighted by atomic mass is 10.1. The molecule has 0 saturated carbocycles. The highest BCUT2D eigenvalue weighted by Crippen LogP contribution is 2.27. The van der Waals surface area contributed by atoms with E-state index >= 15 is 0 Å². The number of guanidine groups is 1. The quantitative estimate of drug-likeness (QED) is 0.752. The number of rotatable bonds is 3. The first-order valence-corrected chi connectivity index (χ1v) is 8.89. The van der Waals surface area contributed by atoms with Gasteiger partial charge in [0.05, 0.1) is 11.4 Å². The molecule has 1 aromatic carbocycles. The van der Waals surface area contributed by atoms with Crippen molar-refractivity contribution >= 4 is 22.4 Å². The van der Waals surface area contributed by atoms with Crippen LogP contribution >= 0.6 is 11.3 Å². The molecule has 4 rings (SSSR count). The second-order valence-corrected chi connectivity index (χ2v) is 6.47. The average Bonchev–Trinajstić information content (AvgIpc) is 3.12. The average molecular weight is 353 g/mol. The first-order chi connectivity index (χ1) is 12.3. The third kappa shape index (κ3) is 3.66. The summed E-state index contributed by atoms with van der Waals surface area (Å²) in [6.45, 7) is 1.76. The van der Waals surface area contributed by atoms with E-state index < -0.39 is 0 Å². The van der Waals surface area contributed by atoms with Crippen LogP contribution in [0.1, 0.15) is 6.42 Å². The molecule has 5 nitrogen and oxygen atoms in total. The Morgan fingerprint density at radius 3 is 2.76 bits per heavy atom. The van der Waals surface area contributed by atoms with Crippen LogP contribution < -0.4 is 10.6 Å². The molecule has 0 spiro atoms. The fourth-order valence-corrected chi connectivity index (χ4v) is 3.27. The fourth-order valence-electron chi connectivity index (χ4n) is 2.55. The van der Waals surface area contributed by atoms with Crippen LogP contribution in [0.15, 0.2) is 53.0 Å². The van der Waals surface area contributed by atoms with Gasteiger partial charge in [0.15, 0.2) is 11.1 Å². The van der Waals surface area contributed by atoms with Gasteiger partial charge in [-0.25, -0.2) is 9.37 Å². The minimum Gasteiger partial charge on any atom is -0.356 e. The number of thiazole rings is 1. The summed E-state index contributed by atoms with van der Waals surface area (Å²) in [6, 6.07) is 10.2. The van der Waals surface area contributed by atoms with E-state index in [-0.39, 0.29) is 5.82 Å². The van der Waals surface area contributed by atoms with Gasteiger partial charge in [-0.05, 0) is 42.8 Å². The number of aromatic nitrogens is 2. The van der Waals surface area contributed by atoms with Crippen molar-refractivity contribution in [2.45, 2.75) is 6.42 Å². The maximum atomic E-state index is 13.1. The third-order valence-corrected chi connectivity index (χ3v) is 4.58. The third-order valence-electron chi connectivity index (χ3n) is 3.82. The van der Waals surface area contributed by atoms with Crippen molar-refractivity contribution in [1.82, 2.24) is 15.3 Å². The van der Waals surface area contributed by atoms with Gasteiger partial charge >= 0.3 is 0 Å². The number of nitrogens with one attached hydrogen (secondary N) is 2. The fraction of sp³-hybridized carbons (Fsp3) is 0.167. The summed E-state index contributed by atoms with van der Waals surface area (Å²) < 4.78 is 13.1. The lowest BCUT2D eigenvalue weighted by Crippen LogP contribution is -2.35. The molecule has 0 atom stereocenters. The second kappa shape index (κ2) is 6.98. The van der Waals surface area contributed by atoms with E-state index in [0.717, 1.165) is 53.1 Å². The topological polar surface area (TPSA) is 62.2 Å². The summed E-state index contributed by atoms with van der Waals surface area (Å²) in [5, 5.41) is 9.22. The molecule has 0 bridgehead atoms. The number of anilines is 1. The van der Waals surface area contributed by atoms with Gasteiger partial charge in [0.1, 0.15) is 5.82 Å². The molecule has 2 N–H and O–H groups in total. The van der Waals surface area contributed by atoms with Gasteiger partial charge in [-0.3, -0.25) is 9.98 Å². The highest BCUT2D eigenvalue weighted by molar-refractivity contribution is 7.14. The number of halogens is 1. The zero-order chi connectivity index (χ0) is 17.1. The molecule has 0 fully saturated rings. The highest BCUT2D eigenvalue weighted by atomic mass is 32.1. The van der Waals surface area contributed by atoms with Crippen molar-refractivity contribution < 1.29 is 4.39 Å². The molecule has 0 amide bonds. The molecule has 0 unspecified atom stereocenters. The molecular weight excluding hydrogens is 337 g/mol. The van der Waals surface area contributed by atoms with Crippen LogP contribution in [0.3, 0.4) is 0 Å². The second-order valence-electron chi connectivity index (χ2n) is 5.61. The number of hydrogen-bond donors (Lipinski definition) is 2. The first kappa shape index (κ1) is 15.7. The van der Waals surface area contributed by atoms with Crippen LogP contribution in [-0.4, -0.2) is 29.0 Å². The van der Waals surface area contributed by atoms with E-state index in [1.54, 1.807) is 18.3 Å². The van der Waals surface area contributed by atoms with E-state index in [1.807, 2.05) is 17.5 Å². The number of hydrogen-bond acceptors (Lipinski definition) is 6. The van der Waals surface area contributed by atoms with Gasteiger partial charge in [-0.2, -0.15) is 0 Å². The van der Waals surface area contributed by atoms with Crippen molar-refractivity contribution in [3.63, 3.8) is 0 Å². The van der Waals surface area contributed by atoms with Gasteiger partial charge in [0.2, 0.25) is 0 Å². The Balaban J connectivity index is 1.57. The van der Waals surface area contributed by atoms with Gasteiger partial charge in [0.25, 0.3) is 0 Å². The molecule has 25 heavy (non-hydrogen) atoms. The zero-order valence-corrected chi connectivity index (χ0v) is 14.2. The Bertz CT molecular complexity index is 904. The zero-order valence-electron chi connectivity index (χ0n) is 13.4. The van der Waals surface area contributed by atoms with Gasteiger partial charge < -0.3 is 10.6 Å². The van der Waals surface area contributed by atoms with Crippen molar-refractivity contribution in [3.05, 3.63) is 53.8 Å². The Morgan fingerprint density at radius 2 is 1.96 bits per heavy atom. The monoisotopic (exact) mass is 353 g/mol. The lowest BCUT2D eigenvalue weighted by molar-refractivity contribution is 0.628. The molecule has 3 heterocycles. The SMILES string of the molecule is Fc1ccc(-c2cc(-c3csc(NC4=NCCCN4)n3)ccn2)cc1. The van der Waals surface area contributed by atoms with E-state index in [2.05, 4.69) is 25.6 Å². The molecule has 2 aromatic heterocycles. The van der Waals surface area contributed by atoms with Crippen molar-refractivity contribution in [2.24, 2.45) is 4.99 Å². The normalized spacial score (nSPS) is 13.9. The summed E-state index contributed by atoms with van der Waals surface area (Å²) in [6.07, 6.45) is 2.80. The van der Waals surface area contributed by atoms with Crippen LogP contribution in [0.2, 0.25) is 0 Å². The Hall–Kier alpha value is -2.80. The van der Waals surface area contributed by atoms with Crippen molar-refractivity contribution in [2.75, 3.05) is 18.4 Å². The number of nitrogens with zero attached hydrogens (tertiary/aromatic N) is 3. The number of aliphatic imine (C=N–C) groups is 1. The van der Waals surface area contributed by atoms with Crippen LogP contribution in [0.4, 0.5) is 9.52 Å². The number of benzene rings is 1. The molecule has 3 aromatic rings. The Labute approximate surface area is 148 Å². The summed E-state index contributed by atoms with van der Waals surface area (Å²) in [4.78, 5) is 13.4. The summed E-state index contributed by atoms with van der Waals surface area (Å²) in [5.41, 5.74) is 3.50. The van der Waals surface area contributed by atoms with E-state index in [4.69, 9.17) is 0 Å². The molecule has 0 radical (unpaired) electrons. The first-order valence-electron chi connectivity index (χ1n) is 8.01. The molecule has 0 aliphatic carbocycles. The molecule has 1 aliphatic rings. The van der Waals surface area contributed by atoms with Crippen LogP contribution in [-0.2, 0) is 0 Å².